The average molecular weight is 245 g/mol. The van der Waals surface area contributed by atoms with Crippen LogP contribution in [-0.2, 0) is 14.8 Å². The first-order valence-corrected chi connectivity index (χ1v) is 6.81. The van der Waals surface area contributed by atoms with Gasteiger partial charge in [0.1, 0.15) is 5.41 Å². The lowest BCUT2D eigenvalue weighted by Gasteiger charge is -2.33. The summed E-state index contributed by atoms with van der Waals surface area (Å²) in [6.07, 6.45) is 2.33. The fourth-order valence-electron chi connectivity index (χ4n) is 1.56. The van der Waals surface area contributed by atoms with E-state index >= 15 is 0 Å². The molecule has 1 aliphatic rings. The smallest absolute Gasteiger partial charge is 0.240 e. The van der Waals surface area contributed by atoms with Crippen LogP contribution in [0.3, 0.4) is 0 Å². The molecule has 0 aromatic heterocycles. The largest absolute Gasteiger partial charge is 0.355 e. The molecule has 0 radical (unpaired) electrons. The van der Waals surface area contributed by atoms with Crippen LogP contribution in [0, 0.1) is 16.7 Å². The molecule has 7 heteroatoms. The average Bonchev–Trinajstić information content (AvgIpc) is 2.10. The van der Waals surface area contributed by atoms with Crippen molar-refractivity contribution in [1.29, 1.82) is 5.26 Å². The van der Waals surface area contributed by atoms with Gasteiger partial charge in [-0.05, 0) is 25.7 Å². The van der Waals surface area contributed by atoms with Gasteiger partial charge in [-0.1, -0.05) is 0 Å². The Morgan fingerprint density at radius 3 is 2.50 bits per heavy atom. The second-order valence-corrected chi connectivity index (χ2v) is 5.76. The molecule has 0 aliphatic heterocycles. The van der Waals surface area contributed by atoms with Gasteiger partial charge in [-0.2, -0.15) is 5.26 Å². The van der Waals surface area contributed by atoms with Crippen molar-refractivity contribution in [3.05, 3.63) is 0 Å². The van der Waals surface area contributed by atoms with E-state index in [4.69, 9.17) is 10.4 Å². The molecule has 6 nitrogen and oxygen atoms in total. The van der Waals surface area contributed by atoms with E-state index in [0.29, 0.717) is 12.8 Å². The Hall–Kier alpha value is -1.13. The van der Waals surface area contributed by atoms with Gasteiger partial charge < -0.3 is 5.32 Å². The molecule has 0 bridgehead atoms. The molecule has 1 amide bonds. The number of carbonyl (C=O) groups excluding carboxylic acids is 1. The van der Waals surface area contributed by atoms with Gasteiger partial charge in [0.25, 0.3) is 0 Å². The maximum absolute atomic E-state index is 11.6. The van der Waals surface area contributed by atoms with Crippen LogP contribution in [0.15, 0.2) is 0 Å². The van der Waals surface area contributed by atoms with E-state index < -0.39 is 15.4 Å². The molecule has 0 aromatic carbocycles. The minimum atomic E-state index is -3.47. The SMILES string of the molecule is N#CC1(C(=O)NCCCS(N)(=O)=O)CCC1. The van der Waals surface area contributed by atoms with Crippen LogP contribution in [0.4, 0.5) is 0 Å². The summed E-state index contributed by atoms with van der Waals surface area (Å²) in [4.78, 5) is 11.6. The highest BCUT2D eigenvalue weighted by Crippen LogP contribution is 2.40. The standard InChI is InChI=1S/C9H15N3O3S/c10-7-9(3-1-4-9)8(13)12-5-2-6-16(11,14)15/h1-6H2,(H,12,13)(H2,11,14,15). The van der Waals surface area contributed by atoms with Gasteiger partial charge in [-0.3, -0.25) is 4.79 Å². The third-order valence-electron chi connectivity index (χ3n) is 2.75. The van der Waals surface area contributed by atoms with Crippen LogP contribution in [0.25, 0.3) is 0 Å². The third kappa shape index (κ3) is 3.18. The van der Waals surface area contributed by atoms with Crippen LogP contribution in [-0.4, -0.2) is 26.6 Å². The van der Waals surface area contributed by atoms with Crippen LogP contribution >= 0.6 is 0 Å². The zero-order chi connectivity index (χ0) is 12.2. The van der Waals surface area contributed by atoms with E-state index in [1.807, 2.05) is 6.07 Å². The summed E-state index contributed by atoms with van der Waals surface area (Å²) in [5, 5.41) is 16.2. The Kier molecular flexibility index (Phi) is 3.88. The number of hydrogen-bond donors (Lipinski definition) is 2. The van der Waals surface area contributed by atoms with Crippen molar-refractivity contribution in [3.63, 3.8) is 0 Å². The lowest BCUT2D eigenvalue weighted by Crippen LogP contribution is -2.45. The maximum Gasteiger partial charge on any atom is 0.240 e. The molecule has 0 heterocycles. The maximum atomic E-state index is 11.6. The number of primary sulfonamides is 1. The van der Waals surface area contributed by atoms with Gasteiger partial charge in [0.2, 0.25) is 15.9 Å². The first-order valence-electron chi connectivity index (χ1n) is 5.10. The first-order chi connectivity index (χ1) is 7.40. The van der Waals surface area contributed by atoms with E-state index in [0.717, 1.165) is 6.42 Å². The summed E-state index contributed by atoms with van der Waals surface area (Å²) in [5.41, 5.74) is -0.873. The van der Waals surface area contributed by atoms with E-state index in [1.165, 1.54) is 0 Å². The highest BCUT2D eigenvalue weighted by Gasteiger charge is 2.44. The Morgan fingerprint density at radius 1 is 1.50 bits per heavy atom. The minimum absolute atomic E-state index is 0.160. The summed E-state index contributed by atoms with van der Waals surface area (Å²) < 4.78 is 21.2. The normalized spacial score (nSPS) is 18.2. The number of carbonyl (C=O) groups is 1. The number of rotatable bonds is 5. The summed E-state index contributed by atoms with van der Waals surface area (Å²) in [5.74, 6) is -0.456. The van der Waals surface area contributed by atoms with Crippen molar-refractivity contribution in [2.75, 3.05) is 12.3 Å². The van der Waals surface area contributed by atoms with Crippen LogP contribution in [0.2, 0.25) is 0 Å². The summed E-state index contributed by atoms with van der Waals surface area (Å²) in [7, 11) is -3.47. The van der Waals surface area contributed by atoms with E-state index in [-0.39, 0.29) is 24.6 Å². The number of nitrogens with two attached hydrogens (primary N) is 1. The minimum Gasteiger partial charge on any atom is -0.355 e. The first kappa shape index (κ1) is 12.9. The van der Waals surface area contributed by atoms with Crippen molar-refractivity contribution < 1.29 is 13.2 Å². The zero-order valence-electron chi connectivity index (χ0n) is 8.90. The number of hydrogen-bond acceptors (Lipinski definition) is 4. The van der Waals surface area contributed by atoms with E-state index in [1.54, 1.807) is 0 Å². The second kappa shape index (κ2) is 4.80. The molecule has 16 heavy (non-hydrogen) atoms. The molecule has 0 spiro atoms. The highest BCUT2D eigenvalue weighted by molar-refractivity contribution is 7.89. The predicted octanol–water partition coefficient (Wildman–Crippen LogP) is -0.525. The molecule has 0 saturated heterocycles. The highest BCUT2D eigenvalue weighted by atomic mass is 32.2. The Balaban J connectivity index is 2.29. The molecule has 1 rings (SSSR count). The van der Waals surface area contributed by atoms with E-state index in [9.17, 15) is 13.2 Å². The zero-order valence-corrected chi connectivity index (χ0v) is 9.72. The molecular weight excluding hydrogens is 230 g/mol. The van der Waals surface area contributed by atoms with Crippen LogP contribution < -0.4 is 10.5 Å². The van der Waals surface area contributed by atoms with Crippen LogP contribution in [0.1, 0.15) is 25.7 Å². The Bertz CT molecular complexity index is 406. The Morgan fingerprint density at radius 2 is 2.12 bits per heavy atom. The van der Waals surface area contributed by atoms with Gasteiger partial charge in [0, 0.05) is 6.54 Å². The van der Waals surface area contributed by atoms with Gasteiger partial charge in [0.15, 0.2) is 0 Å². The van der Waals surface area contributed by atoms with Crippen molar-refractivity contribution >= 4 is 15.9 Å². The van der Waals surface area contributed by atoms with Gasteiger partial charge >= 0.3 is 0 Å². The van der Waals surface area contributed by atoms with Gasteiger partial charge in [-0.15, -0.1) is 0 Å². The van der Waals surface area contributed by atoms with E-state index in [2.05, 4.69) is 5.32 Å². The number of amides is 1. The summed E-state index contributed by atoms with van der Waals surface area (Å²) >= 11 is 0. The molecule has 1 aliphatic carbocycles. The lowest BCUT2D eigenvalue weighted by atomic mass is 9.69. The van der Waals surface area contributed by atoms with Crippen molar-refractivity contribution in [1.82, 2.24) is 5.32 Å². The molecule has 0 unspecified atom stereocenters. The van der Waals surface area contributed by atoms with Crippen molar-refractivity contribution in [2.45, 2.75) is 25.7 Å². The number of nitriles is 1. The van der Waals surface area contributed by atoms with Crippen LogP contribution in [0.5, 0.6) is 0 Å². The Labute approximate surface area is 94.9 Å². The monoisotopic (exact) mass is 245 g/mol. The van der Waals surface area contributed by atoms with Gasteiger partial charge in [0.05, 0.1) is 11.8 Å². The summed E-state index contributed by atoms with van der Waals surface area (Å²) in [6, 6.07) is 2.02. The fourth-order valence-corrected chi connectivity index (χ4v) is 2.11. The molecule has 0 atom stereocenters. The summed E-state index contributed by atoms with van der Waals surface area (Å²) in [6.45, 7) is 0.235. The molecule has 3 N–H and O–H groups in total. The molecule has 1 fully saturated rings. The number of sulfonamides is 1. The van der Waals surface area contributed by atoms with Crippen molar-refractivity contribution in [3.8, 4) is 6.07 Å². The third-order valence-corrected chi connectivity index (χ3v) is 3.60. The molecule has 90 valence electrons. The number of nitrogens with one attached hydrogen (secondary N) is 1. The lowest BCUT2D eigenvalue weighted by molar-refractivity contribution is -0.131. The molecule has 0 aromatic rings. The van der Waals surface area contributed by atoms with Gasteiger partial charge in [-0.25, -0.2) is 13.6 Å². The topological polar surface area (TPSA) is 113 Å². The quantitative estimate of drug-likeness (QED) is 0.634. The van der Waals surface area contributed by atoms with Crippen molar-refractivity contribution in [2.24, 2.45) is 10.6 Å². The molecule has 1 saturated carbocycles. The number of nitrogens with zero attached hydrogens (tertiary/aromatic N) is 1. The predicted molar refractivity (Wildman–Crippen MR) is 57.5 cm³/mol. The molecular formula is C9H15N3O3S. The fraction of sp³-hybridized carbons (Fsp3) is 0.778. The second-order valence-electron chi connectivity index (χ2n) is 4.02.